The number of hydrogen-bond donors (Lipinski definition) is 1. The van der Waals surface area contributed by atoms with Gasteiger partial charge in [0.15, 0.2) is 0 Å². The molecule has 0 rings (SSSR count). The Labute approximate surface area is 98.5 Å². The molecular weight excluding hydrogens is 204 g/mol. The number of aliphatic hydroxyl groups is 1. The lowest BCUT2D eigenvalue weighted by Gasteiger charge is -2.14. The Hall–Kier alpha value is -0.830. The van der Waals surface area contributed by atoms with Crippen molar-refractivity contribution in [1.82, 2.24) is 0 Å². The first-order valence-electron chi connectivity index (χ1n) is 6.01. The van der Waals surface area contributed by atoms with Crippen molar-refractivity contribution in [2.45, 2.75) is 52.6 Å². The number of allylic oxidation sites excluding steroid dienone is 1. The molecule has 0 aliphatic rings. The SMILES string of the molecule is CCCCCC(O)/C(=C/C(C)C)C(=O)OC. The molecule has 0 aromatic rings. The summed E-state index contributed by atoms with van der Waals surface area (Å²) in [5, 5.41) is 9.92. The molecule has 0 saturated carbocycles. The van der Waals surface area contributed by atoms with Gasteiger partial charge in [-0.1, -0.05) is 46.1 Å². The van der Waals surface area contributed by atoms with Crippen LogP contribution >= 0.6 is 0 Å². The second-order valence-electron chi connectivity index (χ2n) is 4.37. The van der Waals surface area contributed by atoms with Crippen LogP contribution in [0.5, 0.6) is 0 Å². The van der Waals surface area contributed by atoms with Crippen LogP contribution in [0, 0.1) is 5.92 Å². The molecule has 1 atom stereocenters. The summed E-state index contributed by atoms with van der Waals surface area (Å²) in [7, 11) is 1.34. The van der Waals surface area contributed by atoms with Gasteiger partial charge in [0.25, 0.3) is 0 Å². The average Bonchev–Trinajstić information content (AvgIpc) is 2.24. The van der Waals surface area contributed by atoms with Crippen LogP contribution in [0.3, 0.4) is 0 Å². The first kappa shape index (κ1) is 15.2. The van der Waals surface area contributed by atoms with Crippen LogP contribution in [0.25, 0.3) is 0 Å². The second-order valence-corrected chi connectivity index (χ2v) is 4.37. The summed E-state index contributed by atoms with van der Waals surface area (Å²) in [5.74, 6) is -0.187. The number of rotatable bonds is 7. The summed E-state index contributed by atoms with van der Waals surface area (Å²) < 4.78 is 4.67. The molecule has 0 aromatic carbocycles. The van der Waals surface area contributed by atoms with E-state index in [1.807, 2.05) is 13.8 Å². The molecule has 16 heavy (non-hydrogen) atoms. The van der Waals surface area contributed by atoms with Crippen molar-refractivity contribution in [1.29, 1.82) is 0 Å². The lowest BCUT2D eigenvalue weighted by atomic mass is 10.00. The fourth-order valence-electron chi connectivity index (χ4n) is 1.54. The summed E-state index contributed by atoms with van der Waals surface area (Å²) >= 11 is 0. The first-order chi connectivity index (χ1) is 7.52. The highest BCUT2D eigenvalue weighted by molar-refractivity contribution is 5.89. The Balaban J connectivity index is 4.45. The minimum Gasteiger partial charge on any atom is -0.466 e. The van der Waals surface area contributed by atoms with Crippen molar-refractivity contribution in [2.24, 2.45) is 5.92 Å². The lowest BCUT2D eigenvalue weighted by Crippen LogP contribution is -2.20. The van der Waals surface area contributed by atoms with E-state index in [-0.39, 0.29) is 5.92 Å². The van der Waals surface area contributed by atoms with Gasteiger partial charge in [-0.25, -0.2) is 4.79 Å². The van der Waals surface area contributed by atoms with E-state index in [2.05, 4.69) is 11.7 Å². The van der Waals surface area contributed by atoms with Gasteiger partial charge in [0.05, 0.1) is 18.8 Å². The monoisotopic (exact) mass is 228 g/mol. The Morgan fingerprint density at radius 3 is 2.44 bits per heavy atom. The molecule has 0 amide bonds. The first-order valence-corrected chi connectivity index (χ1v) is 6.01. The van der Waals surface area contributed by atoms with Crippen molar-refractivity contribution < 1.29 is 14.6 Å². The highest BCUT2D eigenvalue weighted by Gasteiger charge is 2.19. The molecular formula is C13H24O3. The normalized spacial score (nSPS) is 14.0. The van der Waals surface area contributed by atoms with Crippen LogP contribution in [0.4, 0.5) is 0 Å². The van der Waals surface area contributed by atoms with Crippen molar-refractivity contribution in [3.63, 3.8) is 0 Å². The molecule has 0 fully saturated rings. The largest absolute Gasteiger partial charge is 0.466 e. The number of methoxy groups -OCH3 is 1. The zero-order valence-electron chi connectivity index (χ0n) is 10.8. The van der Waals surface area contributed by atoms with Gasteiger partial charge in [-0.15, -0.1) is 0 Å². The number of carbonyl (C=O) groups is 1. The van der Waals surface area contributed by atoms with E-state index in [4.69, 9.17) is 0 Å². The zero-order chi connectivity index (χ0) is 12.6. The molecule has 0 radical (unpaired) electrons. The van der Waals surface area contributed by atoms with Crippen LogP contribution in [0.1, 0.15) is 46.5 Å². The number of hydrogen-bond acceptors (Lipinski definition) is 3. The van der Waals surface area contributed by atoms with Crippen molar-refractivity contribution in [2.75, 3.05) is 7.11 Å². The van der Waals surface area contributed by atoms with E-state index in [0.29, 0.717) is 12.0 Å². The van der Waals surface area contributed by atoms with Gasteiger partial charge < -0.3 is 9.84 Å². The van der Waals surface area contributed by atoms with E-state index < -0.39 is 12.1 Å². The molecule has 94 valence electrons. The average molecular weight is 228 g/mol. The van der Waals surface area contributed by atoms with E-state index >= 15 is 0 Å². The fourth-order valence-corrected chi connectivity index (χ4v) is 1.54. The Kier molecular flexibility index (Phi) is 7.90. The second kappa shape index (κ2) is 8.34. The highest BCUT2D eigenvalue weighted by atomic mass is 16.5. The Morgan fingerprint density at radius 2 is 2.00 bits per heavy atom. The third kappa shape index (κ3) is 5.91. The lowest BCUT2D eigenvalue weighted by molar-refractivity contribution is -0.137. The molecule has 0 heterocycles. The number of esters is 1. The molecule has 0 aromatic heterocycles. The maximum atomic E-state index is 11.5. The van der Waals surface area contributed by atoms with E-state index in [1.165, 1.54) is 7.11 Å². The molecule has 0 spiro atoms. The molecule has 3 heteroatoms. The van der Waals surface area contributed by atoms with E-state index in [1.54, 1.807) is 6.08 Å². The highest BCUT2D eigenvalue weighted by Crippen LogP contribution is 2.15. The summed E-state index contributed by atoms with van der Waals surface area (Å²) in [6.07, 6.45) is 4.83. The van der Waals surface area contributed by atoms with Crippen molar-refractivity contribution in [3.8, 4) is 0 Å². The van der Waals surface area contributed by atoms with Crippen molar-refractivity contribution >= 4 is 5.97 Å². The fraction of sp³-hybridized carbons (Fsp3) is 0.769. The molecule has 0 bridgehead atoms. The van der Waals surface area contributed by atoms with Gasteiger partial charge >= 0.3 is 5.97 Å². The number of carbonyl (C=O) groups excluding carboxylic acids is 1. The molecule has 1 unspecified atom stereocenters. The zero-order valence-corrected chi connectivity index (χ0v) is 10.8. The summed E-state index contributed by atoms with van der Waals surface area (Å²) in [6.45, 7) is 6.06. The smallest absolute Gasteiger partial charge is 0.336 e. The standard InChI is InChI=1S/C13H24O3/c1-5-6-7-8-12(14)11(9-10(2)3)13(15)16-4/h9-10,12,14H,5-8H2,1-4H3/b11-9-. The van der Waals surface area contributed by atoms with Crippen LogP contribution in [-0.2, 0) is 9.53 Å². The van der Waals surface area contributed by atoms with Crippen molar-refractivity contribution in [3.05, 3.63) is 11.6 Å². The van der Waals surface area contributed by atoms with Crippen LogP contribution in [0.15, 0.2) is 11.6 Å². The van der Waals surface area contributed by atoms with Crippen LogP contribution in [-0.4, -0.2) is 24.3 Å². The third-order valence-electron chi connectivity index (χ3n) is 2.37. The molecule has 0 aliphatic carbocycles. The van der Waals surface area contributed by atoms with Gasteiger partial charge in [-0.05, 0) is 12.3 Å². The molecule has 0 aliphatic heterocycles. The maximum Gasteiger partial charge on any atom is 0.336 e. The summed E-state index contributed by atoms with van der Waals surface area (Å²) in [4.78, 5) is 11.5. The minimum atomic E-state index is -0.693. The van der Waals surface area contributed by atoms with Gasteiger partial charge in [-0.3, -0.25) is 0 Å². The number of aliphatic hydroxyl groups excluding tert-OH is 1. The topological polar surface area (TPSA) is 46.5 Å². The molecule has 0 saturated heterocycles. The predicted molar refractivity (Wildman–Crippen MR) is 65.1 cm³/mol. The van der Waals surface area contributed by atoms with Crippen LogP contribution in [0.2, 0.25) is 0 Å². The van der Waals surface area contributed by atoms with E-state index in [9.17, 15) is 9.90 Å². The maximum absolute atomic E-state index is 11.5. The summed E-state index contributed by atoms with van der Waals surface area (Å²) in [6, 6.07) is 0. The van der Waals surface area contributed by atoms with Gasteiger partial charge in [0, 0.05) is 0 Å². The van der Waals surface area contributed by atoms with Gasteiger partial charge in [0.1, 0.15) is 0 Å². The third-order valence-corrected chi connectivity index (χ3v) is 2.37. The Bertz CT molecular complexity index is 231. The predicted octanol–water partition coefficient (Wildman–Crippen LogP) is 2.68. The van der Waals surface area contributed by atoms with Gasteiger partial charge in [0.2, 0.25) is 0 Å². The number of ether oxygens (including phenoxy) is 1. The van der Waals surface area contributed by atoms with Crippen LogP contribution < -0.4 is 0 Å². The summed E-state index contributed by atoms with van der Waals surface area (Å²) in [5.41, 5.74) is 0.397. The molecule has 3 nitrogen and oxygen atoms in total. The number of unbranched alkanes of at least 4 members (excludes halogenated alkanes) is 2. The minimum absolute atomic E-state index is 0.231. The van der Waals surface area contributed by atoms with E-state index in [0.717, 1.165) is 19.3 Å². The molecule has 1 N–H and O–H groups in total. The Morgan fingerprint density at radius 1 is 1.38 bits per heavy atom. The van der Waals surface area contributed by atoms with Gasteiger partial charge in [-0.2, -0.15) is 0 Å². The quantitative estimate of drug-likeness (QED) is 0.414.